The van der Waals surface area contributed by atoms with Crippen molar-refractivity contribution in [2.45, 2.75) is 45.3 Å². The number of morpholine rings is 1. The summed E-state index contributed by atoms with van der Waals surface area (Å²) in [5, 5.41) is 15.0. The Bertz CT molecular complexity index is 462. The van der Waals surface area contributed by atoms with E-state index in [9.17, 15) is 5.11 Å². The fourth-order valence-corrected chi connectivity index (χ4v) is 3.43. The molecule has 126 valence electrons. The van der Waals surface area contributed by atoms with E-state index in [2.05, 4.69) is 36.0 Å². The summed E-state index contributed by atoms with van der Waals surface area (Å²) in [6.07, 6.45) is 1.94. The molecule has 0 aromatic carbocycles. The van der Waals surface area contributed by atoms with Crippen LogP contribution >= 0.6 is 11.3 Å². The number of β-amino-alcohol motifs (C(OH)–C–C–N with tert-alkyl or cyclic N) is 1. The van der Waals surface area contributed by atoms with Gasteiger partial charge in [-0.15, -0.1) is 11.3 Å². The predicted octanol–water partition coefficient (Wildman–Crippen LogP) is 1.61. The van der Waals surface area contributed by atoms with Gasteiger partial charge in [0.2, 0.25) is 0 Å². The number of rotatable bonds is 6. The van der Waals surface area contributed by atoms with Crippen molar-refractivity contribution in [1.82, 2.24) is 15.2 Å². The molecule has 6 heteroatoms. The molecule has 0 radical (unpaired) electrons. The second-order valence-corrected chi connectivity index (χ2v) is 8.49. The number of nitrogens with one attached hydrogen (secondary N) is 1. The van der Waals surface area contributed by atoms with Crippen LogP contribution in [-0.2, 0) is 16.7 Å². The Morgan fingerprint density at radius 1 is 1.32 bits per heavy atom. The lowest BCUT2D eigenvalue weighted by molar-refractivity contribution is -0.0219. The van der Waals surface area contributed by atoms with Crippen LogP contribution < -0.4 is 5.32 Å². The molecule has 1 saturated heterocycles. The molecule has 0 spiro atoms. The fraction of sp³-hybridized carbons (Fsp3) is 0.812. The first-order valence-corrected chi connectivity index (χ1v) is 8.76. The predicted molar refractivity (Wildman–Crippen MR) is 90.4 cm³/mol. The molecule has 1 aromatic heterocycles. The van der Waals surface area contributed by atoms with Crippen LogP contribution in [0.2, 0.25) is 0 Å². The van der Waals surface area contributed by atoms with E-state index in [0.717, 1.165) is 37.9 Å². The zero-order chi connectivity index (χ0) is 16.2. The number of hydrogen-bond acceptors (Lipinski definition) is 6. The van der Waals surface area contributed by atoms with Gasteiger partial charge in [-0.25, -0.2) is 4.98 Å². The molecule has 1 aliphatic heterocycles. The third kappa shape index (κ3) is 5.59. The van der Waals surface area contributed by atoms with Crippen LogP contribution in [0.25, 0.3) is 0 Å². The third-order valence-electron chi connectivity index (χ3n) is 3.67. The van der Waals surface area contributed by atoms with Gasteiger partial charge >= 0.3 is 0 Å². The van der Waals surface area contributed by atoms with Crippen LogP contribution in [0.1, 0.15) is 37.6 Å². The van der Waals surface area contributed by atoms with Crippen molar-refractivity contribution >= 4 is 11.3 Å². The molecule has 0 amide bonds. The maximum atomic E-state index is 10.5. The molecule has 2 N–H and O–H groups in total. The molecule has 0 bridgehead atoms. The molecule has 22 heavy (non-hydrogen) atoms. The normalized spacial score (nSPS) is 20.0. The van der Waals surface area contributed by atoms with Gasteiger partial charge in [0, 0.05) is 49.2 Å². The third-order valence-corrected chi connectivity index (χ3v) is 5.09. The molecule has 0 saturated carbocycles. The molecule has 1 fully saturated rings. The van der Waals surface area contributed by atoms with Gasteiger partial charge in [0.05, 0.1) is 23.8 Å². The largest absolute Gasteiger partial charge is 0.388 e. The maximum absolute atomic E-state index is 10.5. The molecular weight excluding hydrogens is 298 g/mol. The van der Waals surface area contributed by atoms with Gasteiger partial charge in [0.1, 0.15) is 0 Å². The summed E-state index contributed by atoms with van der Waals surface area (Å²) in [4.78, 5) is 7.96. The molecule has 0 aliphatic carbocycles. The van der Waals surface area contributed by atoms with Crippen LogP contribution in [0.3, 0.4) is 0 Å². The van der Waals surface area contributed by atoms with E-state index >= 15 is 0 Å². The van der Waals surface area contributed by atoms with Gasteiger partial charge in [0.15, 0.2) is 0 Å². The number of aromatic nitrogens is 1. The Kier molecular flexibility index (Phi) is 5.96. The van der Waals surface area contributed by atoms with Crippen molar-refractivity contribution < 1.29 is 9.84 Å². The fourth-order valence-electron chi connectivity index (χ4n) is 2.49. The Labute approximate surface area is 137 Å². The highest BCUT2D eigenvalue weighted by molar-refractivity contribution is 7.11. The molecule has 5 nitrogen and oxygen atoms in total. The van der Waals surface area contributed by atoms with Crippen molar-refractivity contribution in [2.75, 3.05) is 39.4 Å². The minimum Gasteiger partial charge on any atom is -0.388 e. The van der Waals surface area contributed by atoms with Crippen LogP contribution in [0.5, 0.6) is 0 Å². The average molecular weight is 327 g/mol. The Hall–Kier alpha value is -0.530. The number of ether oxygens (including phenoxy) is 1. The number of nitrogens with zero attached hydrogens (tertiary/aromatic N) is 2. The summed E-state index contributed by atoms with van der Waals surface area (Å²) in [7, 11) is 0. The van der Waals surface area contributed by atoms with E-state index in [1.54, 1.807) is 11.3 Å². The van der Waals surface area contributed by atoms with Crippen molar-refractivity contribution in [3.05, 3.63) is 16.1 Å². The maximum Gasteiger partial charge on any atom is 0.0981 e. The lowest BCUT2D eigenvalue weighted by Crippen LogP contribution is -2.50. The van der Waals surface area contributed by atoms with E-state index in [1.807, 2.05) is 13.1 Å². The minimum absolute atomic E-state index is 0.102. The summed E-state index contributed by atoms with van der Waals surface area (Å²) >= 11 is 1.74. The molecule has 1 unspecified atom stereocenters. The quantitative estimate of drug-likeness (QED) is 0.831. The monoisotopic (exact) mass is 327 g/mol. The molecule has 1 atom stereocenters. The molecular formula is C16H29N3O2S. The second-order valence-electron chi connectivity index (χ2n) is 7.37. The lowest BCUT2D eigenvalue weighted by Gasteiger charge is -2.33. The summed E-state index contributed by atoms with van der Waals surface area (Å²) in [6.45, 7) is 13.8. The first-order valence-electron chi connectivity index (χ1n) is 7.95. The minimum atomic E-state index is -0.727. The van der Waals surface area contributed by atoms with Gasteiger partial charge in [-0.2, -0.15) is 0 Å². The topological polar surface area (TPSA) is 57.6 Å². The van der Waals surface area contributed by atoms with Crippen molar-refractivity contribution in [1.29, 1.82) is 0 Å². The van der Waals surface area contributed by atoms with Crippen molar-refractivity contribution in [3.63, 3.8) is 0 Å². The summed E-state index contributed by atoms with van der Waals surface area (Å²) in [6, 6.07) is 0. The van der Waals surface area contributed by atoms with Gasteiger partial charge < -0.3 is 15.2 Å². The second kappa shape index (κ2) is 7.36. The van der Waals surface area contributed by atoms with Crippen LogP contribution in [0.15, 0.2) is 6.20 Å². The molecule has 1 aliphatic rings. The summed E-state index contributed by atoms with van der Waals surface area (Å²) in [5.41, 5.74) is -0.625. The van der Waals surface area contributed by atoms with E-state index in [-0.39, 0.29) is 5.41 Å². The zero-order valence-corrected chi connectivity index (χ0v) is 15.0. The molecule has 2 rings (SSSR count). The van der Waals surface area contributed by atoms with Gasteiger partial charge in [-0.1, -0.05) is 20.8 Å². The summed E-state index contributed by atoms with van der Waals surface area (Å²) < 4.78 is 5.34. The molecule has 2 heterocycles. The van der Waals surface area contributed by atoms with Gasteiger partial charge in [-0.3, -0.25) is 4.90 Å². The summed E-state index contributed by atoms with van der Waals surface area (Å²) in [5.74, 6) is 0. The smallest absolute Gasteiger partial charge is 0.0981 e. The first-order chi connectivity index (χ1) is 10.3. The average Bonchev–Trinajstić information content (AvgIpc) is 2.88. The van der Waals surface area contributed by atoms with Crippen LogP contribution in [0, 0.1) is 0 Å². The van der Waals surface area contributed by atoms with Crippen LogP contribution in [-0.4, -0.2) is 60.0 Å². The van der Waals surface area contributed by atoms with Gasteiger partial charge in [-0.05, 0) is 6.92 Å². The number of aliphatic hydroxyl groups is 1. The standard InChI is InChI=1S/C16H29N3O2S/c1-15(2,3)14-18-10-13(22-14)9-17-11-16(4,20)12-19-5-7-21-8-6-19/h10,17,20H,5-9,11-12H2,1-4H3. The van der Waals surface area contributed by atoms with Gasteiger partial charge in [0.25, 0.3) is 0 Å². The molecule has 1 aromatic rings. The highest BCUT2D eigenvalue weighted by Crippen LogP contribution is 2.26. The Morgan fingerprint density at radius 2 is 2.00 bits per heavy atom. The number of thiazole rings is 1. The highest BCUT2D eigenvalue weighted by Gasteiger charge is 2.25. The SMILES string of the molecule is CC(O)(CNCc1cnc(C(C)(C)C)s1)CN1CCOCC1. The Morgan fingerprint density at radius 3 is 2.59 bits per heavy atom. The van der Waals surface area contributed by atoms with Crippen LogP contribution in [0.4, 0.5) is 0 Å². The van der Waals surface area contributed by atoms with E-state index < -0.39 is 5.60 Å². The van der Waals surface area contributed by atoms with Crippen molar-refractivity contribution in [3.8, 4) is 0 Å². The zero-order valence-electron chi connectivity index (χ0n) is 14.2. The van der Waals surface area contributed by atoms with E-state index in [4.69, 9.17) is 4.74 Å². The van der Waals surface area contributed by atoms with Crippen molar-refractivity contribution in [2.24, 2.45) is 0 Å². The van der Waals surface area contributed by atoms with E-state index in [1.165, 1.54) is 4.88 Å². The Balaban J connectivity index is 1.75. The first kappa shape index (κ1) is 17.8. The number of hydrogen-bond donors (Lipinski definition) is 2. The van der Waals surface area contributed by atoms with E-state index in [0.29, 0.717) is 13.1 Å². The highest BCUT2D eigenvalue weighted by atomic mass is 32.1. The lowest BCUT2D eigenvalue weighted by atomic mass is 9.98.